The van der Waals surface area contributed by atoms with Crippen LogP contribution >= 0.6 is 23.2 Å². The quantitative estimate of drug-likeness (QED) is 0.235. The van der Waals surface area contributed by atoms with E-state index < -0.39 is 22.5 Å². The number of aryl methyl sites for hydroxylation is 1. The maximum absolute atomic E-state index is 13.8. The molecule has 0 heterocycles. The first-order chi connectivity index (χ1) is 18.2. The van der Waals surface area contributed by atoms with E-state index in [0.29, 0.717) is 22.7 Å². The molecule has 1 N–H and O–H groups in total. The number of carbonyl (C=O) groups excluding carboxylic acids is 1. The Morgan fingerprint density at radius 3 is 2.21 bits per heavy atom. The summed E-state index contributed by atoms with van der Waals surface area (Å²) in [7, 11) is -2.87. The molecule has 0 radical (unpaired) electrons. The fraction of sp³-hybridized carbons (Fsp3) is 0.107. The largest absolute Gasteiger partial charge is 0.495 e. The second kappa shape index (κ2) is 11.8. The first-order valence-electron chi connectivity index (χ1n) is 11.4. The van der Waals surface area contributed by atoms with Crippen LogP contribution in [-0.2, 0) is 14.8 Å². The lowest BCUT2D eigenvalue weighted by Crippen LogP contribution is -2.38. The van der Waals surface area contributed by atoms with Crippen LogP contribution in [0.3, 0.4) is 0 Å². The van der Waals surface area contributed by atoms with Crippen LogP contribution in [0.1, 0.15) is 5.56 Å². The molecule has 10 heteroatoms. The van der Waals surface area contributed by atoms with Gasteiger partial charge in [-0.1, -0.05) is 47.5 Å². The second-order valence-electron chi connectivity index (χ2n) is 8.25. The number of carbonyl (C=O) groups is 1. The number of halogens is 2. The predicted molar refractivity (Wildman–Crippen MR) is 150 cm³/mol. The van der Waals surface area contributed by atoms with Crippen molar-refractivity contribution in [1.82, 2.24) is 0 Å². The van der Waals surface area contributed by atoms with E-state index in [4.69, 9.17) is 32.7 Å². The maximum atomic E-state index is 13.8. The Bertz CT molecular complexity index is 1550. The summed E-state index contributed by atoms with van der Waals surface area (Å²) in [5, 5.41) is 3.13. The van der Waals surface area contributed by atoms with Gasteiger partial charge in [-0.3, -0.25) is 9.10 Å². The van der Waals surface area contributed by atoms with Crippen LogP contribution in [0.15, 0.2) is 95.9 Å². The summed E-state index contributed by atoms with van der Waals surface area (Å²) in [6.45, 7) is 1.24. The summed E-state index contributed by atoms with van der Waals surface area (Å²) < 4.78 is 39.7. The number of rotatable bonds is 9. The fourth-order valence-electron chi connectivity index (χ4n) is 3.62. The van der Waals surface area contributed by atoms with Gasteiger partial charge in [-0.2, -0.15) is 0 Å². The van der Waals surface area contributed by atoms with Crippen LogP contribution in [-0.4, -0.2) is 28.0 Å². The van der Waals surface area contributed by atoms with Crippen molar-refractivity contribution in [3.8, 4) is 17.2 Å². The molecular formula is C28H24Cl2N2O5S. The summed E-state index contributed by atoms with van der Waals surface area (Å²) in [5.41, 5.74) is 1.35. The standard InChI is InChI=1S/C28H24Cl2N2O5S/c1-19-8-15-26(36-2)27(16-19)38(34,35)32(21-11-14-24(29)25(30)17-21)18-28(33)31-20-9-12-23(13-10-20)37-22-6-4-3-5-7-22/h3-17H,18H2,1-2H3,(H,31,33). The molecule has 0 fully saturated rings. The lowest BCUT2D eigenvalue weighted by atomic mass is 10.2. The van der Waals surface area contributed by atoms with E-state index in [9.17, 15) is 13.2 Å². The van der Waals surface area contributed by atoms with Crippen molar-refractivity contribution in [3.63, 3.8) is 0 Å². The van der Waals surface area contributed by atoms with Crippen molar-refractivity contribution in [2.24, 2.45) is 0 Å². The zero-order valence-corrected chi connectivity index (χ0v) is 22.8. The van der Waals surface area contributed by atoms with E-state index in [0.717, 1.165) is 4.31 Å². The molecule has 0 aliphatic rings. The summed E-state index contributed by atoms with van der Waals surface area (Å²) in [6.07, 6.45) is 0. The molecule has 0 saturated carbocycles. The van der Waals surface area contributed by atoms with Crippen molar-refractivity contribution in [2.45, 2.75) is 11.8 Å². The van der Waals surface area contributed by atoms with Gasteiger partial charge in [0.2, 0.25) is 5.91 Å². The summed E-state index contributed by atoms with van der Waals surface area (Å²) >= 11 is 12.2. The number of hydrogen-bond acceptors (Lipinski definition) is 5. The Kier molecular flexibility index (Phi) is 8.46. The predicted octanol–water partition coefficient (Wildman–Crippen LogP) is 6.94. The molecular weight excluding hydrogens is 547 g/mol. The molecule has 0 spiro atoms. The van der Waals surface area contributed by atoms with Crippen molar-refractivity contribution in [3.05, 3.63) is 107 Å². The van der Waals surface area contributed by atoms with Gasteiger partial charge in [-0.25, -0.2) is 8.42 Å². The third kappa shape index (κ3) is 6.39. The normalized spacial score (nSPS) is 11.1. The number of methoxy groups -OCH3 is 1. The first-order valence-corrected chi connectivity index (χ1v) is 13.6. The number of benzene rings is 4. The van der Waals surface area contributed by atoms with Gasteiger partial charge in [0, 0.05) is 5.69 Å². The van der Waals surface area contributed by atoms with E-state index in [1.54, 1.807) is 43.3 Å². The van der Waals surface area contributed by atoms with Crippen molar-refractivity contribution >= 4 is 50.5 Å². The topological polar surface area (TPSA) is 84.9 Å². The number of ether oxygens (including phenoxy) is 2. The Labute approximate surface area is 231 Å². The van der Waals surface area contributed by atoms with Crippen molar-refractivity contribution < 1.29 is 22.7 Å². The number of anilines is 2. The van der Waals surface area contributed by atoms with Gasteiger partial charge in [0.1, 0.15) is 28.7 Å². The Hall–Kier alpha value is -3.72. The average Bonchev–Trinajstić information content (AvgIpc) is 2.90. The van der Waals surface area contributed by atoms with Crippen LogP contribution in [0.5, 0.6) is 17.2 Å². The van der Waals surface area contributed by atoms with Gasteiger partial charge in [-0.15, -0.1) is 0 Å². The zero-order chi connectivity index (χ0) is 27.3. The molecule has 0 atom stereocenters. The third-order valence-corrected chi connectivity index (χ3v) is 8.02. The number of sulfonamides is 1. The number of nitrogens with zero attached hydrogens (tertiary/aromatic N) is 1. The highest BCUT2D eigenvalue weighted by atomic mass is 35.5. The van der Waals surface area contributed by atoms with Gasteiger partial charge < -0.3 is 14.8 Å². The Morgan fingerprint density at radius 1 is 0.868 bits per heavy atom. The fourth-order valence-corrected chi connectivity index (χ4v) is 5.57. The minimum absolute atomic E-state index is 0.0821. The lowest BCUT2D eigenvalue weighted by Gasteiger charge is -2.25. The minimum atomic E-state index is -4.25. The number of nitrogens with one attached hydrogen (secondary N) is 1. The number of para-hydroxylation sites is 1. The highest BCUT2D eigenvalue weighted by Gasteiger charge is 2.30. The molecule has 0 aromatic heterocycles. The molecule has 0 saturated heterocycles. The zero-order valence-electron chi connectivity index (χ0n) is 20.5. The summed E-state index contributed by atoms with van der Waals surface area (Å²) in [6, 6.07) is 25.2. The molecule has 1 amide bonds. The number of hydrogen-bond donors (Lipinski definition) is 1. The monoisotopic (exact) mass is 570 g/mol. The summed E-state index contributed by atoms with van der Waals surface area (Å²) in [5.74, 6) is 0.845. The molecule has 4 aromatic carbocycles. The van der Waals surface area contributed by atoms with Gasteiger partial charge in [-0.05, 0) is 79.2 Å². The van der Waals surface area contributed by atoms with E-state index in [-0.39, 0.29) is 26.4 Å². The molecule has 0 aliphatic carbocycles. The maximum Gasteiger partial charge on any atom is 0.268 e. The number of amides is 1. The highest BCUT2D eigenvalue weighted by Crippen LogP contribution is 2.34. The van der Waals surface area contributed by atoms with E-state index in [1.165, 1.54) is 31.4 Å². The van der Waals surface area contributed by atoms with Crippen LogP contribution in [0.2, 0.25) is 10.0 Å². The van der Waals surface area contributed by atoms with Gasteiger partial charge in [0.25, 0.3) is 10.0 Å². The van der Waals surface area contributed by atoms with E-state index >= 15 is 0 Å². The van der Waals surface area contributed by atoms with Gasteiger partial charge >= 0.3 is 0 Å². The van der Waals surface area contributed by atoms with Crippen LogP contribution < -0.4 is 19.1 Å². The summed E-state index contributed by atoms with van der Waals surface area (Å²) in [4.78, 5) is 13.0. The first kappa shape index (κ1) is 27.3. The average molecular weight is 571 g/mol. The molecule has 196 valence electrons. The molecule has 4 rings (SSSR count). The Morgan fingerprint density at radius 2 is 1.55 bits per heavy atom. The Balaban J connectivity index is 1.60. The minimum Gasteiger partial charge on any atom is -0.495 e. The van der Waals surface area contributed by atoms with Crippen LogP contribution in [0.25, 0.3) is 0 Å². The third-order valence-electron chi connectivity index (χ3n) is 5.48. The molecule has 0 aliphatic heterocycles. The van der Waals surface area contributed by atoms with Gasteiger partial charge in [0.15, 0.2) is 0 Å². The molecule has 38 heavy (non-hydrogen) atoms. The smallest absolute Gasteiger partial charge is 0.268 e. The van der Waals surface area contributed by atoms with Crippen molar-refractivity contribution in [2.75, 3.05) is 23.3 Å². The molecule has 4 aromatic rings. The van der Waals surface area contributed by atoms with E-state index in [1.807, 2.05) is 30.3 Å². The van der Waals surface area contributed by atoms with Gasteiger partial charge in [0.05, 0.1) is 22.8 Å². The molecule has 7 nitrogen and oxygen atoms in total. The SMILES string of the molecule is COc1ccc(C)cc1S(=O)(=O)N(CC(=O)Nc1ccc(Oc2ccccc2)cc1)c1ccc(Cl)c(Cl)c1. The van der Waals surface area contributed by atoms with Crippen LogP contribution in [0.4, 0.5) is 11.4 Å². The van der Waals surface area contributed by atoms with Crippen LogP contribution in [0, 0.1) is 6.92 Å². The second-order valence-corrected chi connectivity index (χ2v) is 10.9. The lowest BCUT2D eigenvalue weighted by molar-refractivity contribution is -0.114. The molecule has 0 unspecified atom stereocenters. The highest BCUT2D eigenvalue weighted by molar-refractivity contribution is 7.93. The van der Waals surface area contributed by atoms with Crippen molar-refractivity contribution in [1.29, 1.82) is 0 Å². The van der Waals surface area contributed by atoms with E-state index in [2.05, 4.69) is 5.32 Å². The molecule has 0 bridgehead atoms.